The largest absolute Gasteiger partial charge is 0.354 e. The van der Waals surface area contributed by atoms with Crippen molar-refractivity contribution in [2.24, 2.45) is 0 Å². The summed E-state index contributed by atoms with van der Waals surface area (Å²) in [7, 11) is 0. The molecule has 2 aromatic heterocycles. The van der Waals surface area contributed by atoms with Gasteiger partial charge in [-0.1, -0.05) is 6.92 Å². The highest BCUT2D eigenvalue weighted by Crippen LogP contribution is 2.29. The molecule has 0 aliphatic rings. The van der Waals surface area contributed by atoms with Crippen LogP contribution < -0.4 is 5.32 Å². The molecule has 18 heavy (non-hydrogen) atoms. The maximum absolute atomic E-state index is 13.6. The summed E-state index contributed by atoms with van der Waals surface area (Å²) < 4.78 is 18.3. The molecule has 0 aliphatic carbocycles. The molecule has 0 aromatic carbocycles. The Morgan fingerprint density at radius 2 is 2.28 bits per heavy atom. The van der Waals surface area contributed by atoms with Crippen LogP contribution >= 0.6 is 23.3 Å². The fraction of sp³-hybridized carbons (Fsp3) is 0.400. The van der Waals surface area contributed by atoms with Crippen molar-refractivity contribution in [2.45, 2.75) is 29.6 Å². The van der Waals surface area contributed by atoms with E-state index in [1.807, 2.05) is 6.92 Å². The fourth-order valence-corrected chi connectivity index (χ4v) is 2.69. The third kappa shape index (κ3) is 3.36. The van der Waals surface area contributed by atoms with E-state index in [9.17, 15) is 4.39 Å². The van der Waals surface area contributed by atoms with E-state index < -0.39 is 5.82 Å². The molecule has 0 fully saturated rings. The minimum Gasteiger partial charge on any atom is -0.354 e. The first-order valence-corrected chi connectivity index (χ1v) is 7.02. The molecule has 1 N–H and O–H groups in total. The molecule has 8 heteroatoms. The van der Waals surface area contributed by atoms with Crippen LogP contribution in [0.2, 0.25) is 0 Å². The van der Waals surface area contributed by atoms with Crippen molar-refractivity contribution in [2.75, 3.05) is 11.9 Å². The van der Waals surface area contributed by atoms with Gasteiger partial charge in [-0.15, -0.1) is 0 Å². The van der Waals surface area contributed by atoms with Gasteiger partial charge in [0, 0.05) is 6.54 Å². The summed E-state index contributed by atoms with van der Waals surface area (Å²) >= 11 is 2.39. The second-order valence-corrected chi connectivity index (χ2v) is 5.47. The van der Waals surface area contributed by atoms with E-state index in [1.165, 1.54) is 17.7 Å². The molecular weight excluding hydrogens is 273 g/mol. The summed E-state index contributed by atoms with van der Waals surface area (Å²) in [6.45, 7) is 4.59. The summed E-state index contributed by atoms with van der Waals surface area (Å²) in [5.74, 6) is 0.665. The smallest absolute Gasteiger partial charge is 0.223 e. The predicted octanol–water partition coefficient (Wildman–Crippen LogP) is 2.75. The highest BCUT2D eigenvalue weighted by molar-refractivity contribution is 8.00. The van der Waals surface area contributed by atoms with E-state index in [-0.39, 0.29) is 5.03 Å². The van der Waals surface area contributed by atoms with E-state index in [0.29, 0.717) is 16.1 Å². The van der Waals surface area contributed by atoms with Crippen LogP contribution in [0.25, 0.3) is 0 Å². The van der Waals surface area contributed by atoms with E-state index in [4.69, 9.17) is 0 Å². The van der Waals surface area contributed by atoms with Crippen LogP contribution in [0.15, 0.2) is 15.6 Å². The average Bonchev–Trinajstić information content (AvgIpc) is 2.76. The Hall–Kier alpha value is -1.28. The lowest BCUT2D eigenvalue weighted by atomic mass is 10.5. The lowest BCUT2D eigenvalue weighted by Gasteiger charge is -2.04. The highest BCUT2D eigenvalue weighted by atomic mass is 32.2. The zero-order valence-corrected chi connectivity index (χ0v) is 11.6. The van der Waals surface area contributed by atoms with Gasteiger partial charge in [0.2, 0.25) is 5.95 Å². The molecule has 0 spiro atoms. The average molecular weight is 285 g/mol. The van der Waals surface area contributed by atoms with Crippen molar-refractivity contribution in [3.63, 3.8) is 0 Å². The number of nitrogens with zero attached hydrogens (tertiary/aromatic N) is 4. The lowest BCUT2D eigenvalue weighted by molar-refractivity contribution is 0.579. The molecular formula is C10H12FN5S2. The summed E-state index contributed by atoms with van der Waals surface area (Å²) in [5, 5.41) is 3.28. The van der Waals surface area contributed by atoms with Crippen LogP contribution in [0.4, 0.5) is 10.3 Å². The number of aromatic nitrogens is 4. The first-order chi connectivity index (χ1) is 8.69. The summed E-state index contributed by atoms with van der Waals surface area (Å²) in [6, 6.07) is 0. The van der Waals surface area contributed by atoms with Gasteiger partial charge in [-0.3, -0.25) is 0 Å². The molecule has 0 saturated heterocycles. The Morgan fingerprint density at radius 3 is 2.94 bits per heavy atom. The van der Waals surface area contributed by atoms with Gasteiger partial charge >= 0.3 is 0 Å². The van der Waals surface area contributed by atoms with Gasteiger partial charge in [-0.25, -0.2) is 19.3 Å². The van der Waals surface area contributed by atoms with Crippen LogP contribution in [-0.2, 0) is 0 Å². The third-order valence-corrected chi connectivity index (χ3v) is 3.76. The Kier molecular flexibility index (Phi) is 4.43. The lowest BCUT2D eigenvalue weighted by Crippen LogP contribution is -2.05. The normalized spacial score (nSPS) is 10.6. The zero-order valence-electron chi connectivity index (χ0n) is 9.97. The highest BCUT2D eigenvalue weighted by Gasteiger charge is 2.11. The standard InChI is InChI=1S/C10H12FN5S2/c1-3-4-12-9-13-5-7(11)8(15-9)17-10-14-6(2)16-18-10/h5H,3-4H2,1-2H3,(H,12,13,15). The number of anilines is 1. The summed E-state index contributed by atoms with van der Waals surface area (Å²) in [5.41, 5.74) is 0. The third-order valence-electron chi connectivity index (χ3n) is 1.94. The van der Waals surface area contributed by atoms with E-state index in [1.54, 1.807) is 6.92 Å². The van der Waals surface area contributed by atoms with Crippen LogP contribution in [0.5, 0.6) is 0 Å². The molecule has 0 aliphatic heterocycles. The van der Waals surface area contributed by atoms with Crippen molar-refractivity contribution in [3.05, 3.63) is 17.8 Å². The van der Waals surface area contributed by atoms with Crippen molar-refractivity contribution in [3.8, 4) is 0 Å². The van der Waals surface area contributed by atoms with Crippen molar-refractivity contribution >= 4 is 29.2 Å². The van der Waals surface area contributed by atoms with Crippen LogP contribution in [0, 0.1) is 12.7 Å². The van der Waals surface area contributed by atoms with Crippen LogP contribution in [0.1, 0.15) is 19.2 Å². The number of halogens is 1. The van der Waals surface area contributed by atoms with Crippen molar-refractivity contribution in [1.82, 2.24) is 19.3 Å². The maximum atomic E-state index is 13.6. The Morgan fingerprint density at radius 1 is 1.44 bits per heavy atom. The molecule has 5 nitrogen and oxygen atoms in total. The van der Waals surface area contributed by atoms with Crippen LogP contribution in [0.3, 0.4) is 0 Å². The van der Waals surface area contributed by atoms with Gasteiger partial charge in [-0.2, -0.15) is 4.37 Å². The van der Waals surface area contributed by atoms with Crippen LogP contribution in [-0.4, -0.2) is 25.9 Å². The van der Waals surface area contributed by atoms with Gasteiger partial charge in [0.25, 0.3) is 0 Å². The van der Waals surface area contributed by atoms with Gasteiger partial charge < -0.3 is 5.32 Å². The minimum absolute atomic E-state index is 0.264. The first kappa shape index (κ1) is 13.2. The number of hydrogen-bond donors (Lipinski definition) is 1. The molecule has 0 bridgehead atoms. The van der Waals surface area contributed by atoms with Crippen molar-refractivity contribution < 1.29 is 4.39 Å². The molecule has 0 radical (unpaired) electrons. The number of hydrogen-bond acceptors (Lipinski definition) is 7. The Balaban J connectivity index is 2.15. The molecule has 2 heterocycles. The maximum Gasteiger partial charge on any atom is 0.223 e. The second-order valence-electron chi connectivity index (χ2n) is 3.48. The number of nitrogens with one attached hydrogen (secondary N) is 1. The molecule has 2 rings (SSSR count). The molecule has 0 saturated carbocycles. The summed E-state index contributed by atoms with van der Waals surface area (Å²) in [4.78, 5) is 12.2. The molecule has 0 amide bonds. The summed E-state index contributed by atoms with van der Waals surface area (Å²) in [6.07, 6.45) is 2.13. The van der Waals surface area contributed by atoms with E-state index in [2.05, 4.69) is 24.6 Å². The van der Waals surface area contributed by atoms with E-state index >= 15 is 0 Å². The number of rotatable bonds is 5. The minimum atomic E-state index is -0.449. The monoisotopic (exact) mass is 285 g/mol. The predicted molar refractivity (Wildman–Crippen MR) is 69.5 cm³/mol. The van der Waals surface area contributed by atoms with Gasteiger partial charge in [-0.05, 0) is 36.6 Å². The first-order valence-electron chi connectivity index (χ1n) is 5.43. The molecule has 96 valence electrons. The second kappa shape index (κ2) is 6.05. The SMILES string of the molecule is CCCNc1ncc(F)c(Sc2nc(C)ns2)n1. The Bertz CT molecular complexity index is 531. The van der Waals surface area contributed by atoms with Gasteiger partial charge in [0.1, 0.15) is 10.9 Å². The zero-order chi connectivity index (χ0) is 13.0. The molecule has 0 atom stereocenters. The van der Waals surface area contributed by atoms with Crippen molar-refractivity contribution in [1.29, 1.82) is 0 Å². The van der Waals surface area contributed by atoms with Gasteiger partial charge in [0.05, 0.1) is 6.20 Å². The molecule has 2 aromatic rings. The Labute approximate surface area is 112 Å². The quantitative estimate of drug-likeness (QED) is 0.852. The topological polar surface area (TPSA) is 63.6 Å². The van der Waals surface area contributed by atoms with Gasteiger partial charge in [0.15, 0.2) is 10.2 Å². The fourth-order valence-electron chi connectivity index (χ4n) is 1.15. The van der Waals surface area contributed by atoms with E-state index in [0.717, 1.165) is 24.7 Å². The molecule has 0 unspecified atom stereocenters. The number of aryl methyl sites for hydroxylation is 1.